The Kier molecular flexibility index (Phi) is 4.76. The number of nitrogens with one attached hydrogen (secondary N) is 2. The second-order valence-electron chi connectivity index (χ2n) is 6.10. The molecule has 2 aliphatic heterocycles. The van der Waals surface area contributed by atoms with Gasteiger partial charge in [0.2, 0.25) is 0 Å². The summed E-state index contributed by atoms with van der Waals surface area (Å²) < 4.78 is 5.68. The number of amides is 1. The highest BCUT2D eigenvalue weighted by Gasteiger charge is 2.25. The van der Waals surface area contributed by atoms with E-state index in [2.05, 4.69) is 15.2 Å². The fraction of sp³-hybridized carbons (Fsp3) is 0.625. The van der Waals surface area contributed by atoms with Crippen molar-refractivity contribution in [2.45, 2.75) is 37.8 Å². The fourth-order valence-corrected chi connectivity index (χ4v) is 3.19. The van der Waals surface area contributed by atoms with Crippen molar-refractivity contribution in [1.29, 1.82) is 5.26 Å². The second kappa shape index (κ2) is 6.95. The molecule has 6 heteroatoms. The zero-order valence-corrected chi connectivity index (χ0v) is 12.7. The van der Waals surface area contributed by atoms with E-state index in [4.69, 9.17) is 10.00 Å². The average molecular weight is 302 g/mol. The van der Waals surface area contributed by atoms with Crippen LogP contribution < -0.4 is 5.32 Å². The summed E-state index contributed by atoms with van der Waals surface area (Å²) in [6, 6.07) is 3.81. The van der Waals surface area contributed by atoms with Crippen LogP contribution in [-0.4, -0.2) is 54.2 Å². The van der Waals surface area contributed by atoms with Crippen LogP contribution in [0.15, 0.2) is 12.3 Å². The van der Waals surface area contributed by atoms with E-state index in [1.807, 2.05) is 6.07 Å². The molecular formula is C16H22N4O2. The van der Waals surface area contributed by atoms with E-state index in [0.29, 0.717) is 17.4 Å². The van der Waals surface area contributed by atoms with Crippen molar-refractivity contribution in [3.63, 3.8) is 0 Å². The van der Waals surface area contributed by atoms with E-state index in [1.54, 1.807) is 12.3 Å². The molecule has 118 valence electrons. The predicted molar refractivity (Wildman–Crippen MR) is 81.4 cm³/mol. The quantitative estimate of drug-likeness (QED) is 0.877. The van der Waals surface area contributed by atoms with E-state index >= 15 is 0 Å². The van der Waals surface area contributed by atoms with E-state index in [9.17, 15) is 4.79 Å². The highest BCUT2D eigenvalue weighted by Crippen LogP contribution is 2.17. The lowest BCUT2D eigenvalue weighted by Crippen LogP contribution is -2.46. The monoisotopic (exact) mass is 302 g/mol. The third-order valence-corrected chi connectivity index (χ3v) is 4.47. The third-order valence-electron chi connectivity index (χ3n) is 4.47. The highest BCUT2D eigenvalue weighted by atomic mass is 16.5. The Labute approximate surface area is 130 Å². The summed E-state index contributed by atoms with van der Waals surface area (Å²) in [6.07, 6.45) is 6.23. The van der Waals surface area contributed by atoms with Gasteiger partial charge in [-0.3, -0.25) is 4.79 Å². The van der Waals surface area contributed by atoms with Gasteiger partial charge in [-0.1, -0.05) is 0 Å². The first-order chi connectivity index (χ1) is 10.7. The van der Waals surface area contributed by atoms with Gasteiger partial charge in [0.05, 0.1) is 11.7 Å². The van der Waals surface area contributed by atoms with Gasteiger partial charge in [-0.05, 0) is 31.7 Å². The number of nitriles is 1. The number of aromatic nitrogens is 1. The Morgan fingerprint density at radius 1 is 1.45 bits per heavy atom. The van der Waals surface area contributed by atoms with Crippen molar-refractivity contribution in [2.24, 2.45) is 0 Å². The molecule has 2 N–H and O–H groups in total. The number of nitrogens with zero attached hydrogens (tertiary/aromatic N) is 2. The van der Waals surface area contributed by atoms with Gasteiger partial charge in [0, 0.05) is 38.5 Å². The van der Waals surface area contributed by atoms with Crippen LogP contribution in [0.5, 0.6) is 0 Å². The molecule has 0 unspecified atom stereocenters. The number of aromatic amines is 1. The molecule has 0 spiro atoms. The topological polar surface area (TPSA) is 81.1 Å². The molecule has 3 heterocycles. The summed E-state index contributed by atoms with van der Waals surface area (Å²) in [4.78, 5) is 17.4. The van der Waals surface area contributed by atoms with Crippen LogP contribution in [0.4, 0.5) is 0 Å². The van der Waals surface area contributed by atoms with Crippen LogP contribution in [0.3, 0.4) is 0 Å². The molecular weight excluding hydrogens is 280 g/mol. The molecule has 2 aliphatic rings. The Bertz CT molecular complexity index is 549. The predicted octanol–water partition coefficient (Wildman–Crippen LogP) is 1.26. The molecule has 1 amide bonds. The minimum absolute atomic E-state index is 0.126. The van der Waals surface area contributed by atoms with Crippen LogP contribution in [0.2, 0.25) is 0 Å². The molecule has 0 bridgehead atoms. The number of piperidine rings is 1. The first kappa shape index (κ1) is 15.1. The molecule has 6 nitrogen and oxygen atoms in total. The van der Waals surface area contributed by atoms with Crippen molar-refractivity contribution < 1.29 is 9.53 Å². The molecule has 0 aromatic carbocycles. The van der Waals surface area contributed by atoms with Gasteiger partial charge in [0.15, 0.2) is 0 Å². The number of carbonyl (C=O) groups is 1. The molecule has 2 saturated heterocycles. The van der Waals surface area contributed by atoms with E-state index in [1.165, 1.54) is 12.8 Å². The smallest absolute Gasteiger partial charge is 0.267 e. The maximum Gasteiger partial charge on any atom is 0.267 e. The summed E-state index contributed by atoms with van der Waals surface area (Å²) in [7, 11) is 0. The molecule has 0 aliphatic carbocycles. The van der Waals surface area contributed by atoms with Gasteiger partial charge >= 0.3 is 0 Å². The van der Waals surface area contributed by atoms with E-state index < -0.39 is 0 Å². The van der Waals surface area contributed by atoms with Crippen molar-refractivity contribution in [3.8, 4) is 6.07 Å². The van der Waals surface area contributed by atoms with Gasteiger partial charge in [0.1, 0.15) is 11.8 Å². The zero-order valence-electron chi connectivity index (χ0n) is 12.7. The maximum atomic E-state index is 12.1. The summed E-state index contributed by atoms with van der Waals surface area (Å²) >= 11 is 0. The van der Waals surface area contributed by atoms with Crippen molar-refractivity contribution in [3.05, 3.63) is 23.5 Å². The van der Waals surface area contributed by atoms with Gasteiger partial charge in [-0.15, -0.1) is 0 Å². The Morgan fingerprint density at radius 3 is 2.91 bits per heavy atom. The lowest BCUT2D eigenvalue weighted by molar-refractivity contribution is 0.0612. The Hall–Kier alpha value is -1.84. The molecule has 1 aromatic heterocycles. The van der Waals surface area contributed by atoms with Crippen molar-refractivity contribution in [2.75, 3.05) is 26.2 Å². The van der Waals surface area contributed by atoms with Crippen LogP contribution >= 0.6 is 0 Å². The van der Waals surface area contributed by atoms with Crippen LogP contribution in [0.1, 0.15) is 41.7 Å². The Morgan fingerprint density at radius 2 is 2.27 bits per heavy atom. The minimum atomic E-state index is -0.126. The molecule has 3 rings (SSSR count). The van der Waals surface area contributed by atoms with Crippen LogP contribution in [-0.2, 0) is 4.74 Å². The molecule has 0 radical (unpaired) electrons. The second-order valence-corrected chi connectivity index (χ2v) is 6.10. The number of rotatable bonds is 4. The summed E-state index contributed by atoms with van der Waals surface area (Å²) in [6.45, 7) is 3.92. The first-order valence-electron chi connectivity index (χ1n) is 7.98. The van der Waals surface area contributed by atoms with Gasteiger partial charge in [0.25, 0.3) is 5.91 Å². The first-order valence-corrected chi connectivity index (χ1v) is 7.98. The molecule has 1 aromatic rings. The number of H-pyrrole nitrogens is 1. The lowest BCUT2D eigenvalue weighted by Gasteiger charge is -2.33. The van der Waals surface area contributed by atoms with Crippen molar-refractivity contribution in [1.82, 2.24) is 15.2 Å². The Balaban J connectivity index is 1.43. The van der Waals surface area contributed by atoms with Gasteiger partial charge < -0.3 is 19.9 Å². The summed E-state index contributed by atoms with van der Waals surface area (Å²) in [5, 5.41) is 11.8. The van der Waals surface area contributed by atoms with Crippen LogP contribution in [0.25, 0.3) is 0 Å². The minimum Gasteiger partial charge on any atom is -0.377 e. The summed E-state index contributed by atoms with van der Waals surface area (Å²) in [5.41, 5.74) is 0.940. The number of likely N-dealkylation sites (tertiary alicyclic amines) is 1. The normalized spacial score (nSPS) is 23.3. The number of hydrogen-bond acceptors (Lipinski definition) is 4. The molecule has 0 saturated carbocycles. The fourth-order valence-electron chi connectivity index (χ4n) is 3.19. The van der Waals surface area contributed by atoms with Crippen LogP contribution in [0, 0.1) is 11.3 Å². The summed E-state index contributed by atoms with van der Waals surface area (Å²) in [5.74, 6) is -0.126. The standard InChI is InChI=1S/C16H22N4O2/c17-9-12-8-15(18-10-12)16(21)19-13-3-5-20(6-4-13)11-14-2-1-7-22-14/h8,10,13-14,18H,1-7,11H2,(H,19,21)/t14-/m0/s1. The van der Waals surface area contributed by atoms with Crippen molar-refractivity contribution >= 4 is 5.91 Å². The number of ether oxygens (including phenoxy) is 1. The zero-order chi connectivity index (χ0) is 15.4. The molecule has 1 atom stereocenters. The van der Waals surface area contributed by atoms with Gasteiger partial charge in [-0.2, -0.15) is 5.26 Å². The molecule has 22 heavy (non-hydrogen) atoms. The number of carbonyl (C=O) groups excluding carboxylic acids is 1. The average Bonchev–Trinajstić information content (AvgIpc) is 3.20. The highest BCUT2D eigenvalue weighted by molar-refractivity contribution is 5.93. The SMILES string of the molecule is N#Cc1c[nH]c(C(=O)NC2CCN(C[C@@H]3CCCO3)CC2)c1. The largest absolute Gasteiger partial charge is 0.377 e. The third kappa shape index (κ3) is 3.67. The number of hydrogen-bond donors (Lipinski definition) is 2. The molecule has 2 fully saturated rings. The van der Waals surface area contributed by atoms with E-state index in [0.717, 1.165) is 39.1 Å². The lowest BCUT2D eigenvalue weighted by atomic mass is 10.0. The maximum absolute atomic E-state index is 12.1. The van der Waals surface area contributed by atoms with Gasteiger partial charge in [-0.25, -0.2) is 0 Å². The van der Waals surface area contributed by atoms with E-state index in [-0.39, 0.29) is 11.9 Å².